The maximum Gasteiger partial charge on any atom is 0.341 e. The number of piperazine rings is 1. The number of nitrogens with one attached hydrogen (secondary N) is 1. The van der Waals surface area contributed by atoms with Crippen LogP contribution >= 0.6 is 0 Å². The number of pyridine rings is 1. The quantitative estimate of drug-likeness (QED) is 0.649. The lowest BCUT2D eigenvalue weighted by Gasteiger charge is -2.45. The molecule has 0 radical (unpaired) electrons. The number of benzene rings is 1. The molecule has 0 unspecified atom stereocenters. The van der Waals surface area contributed by atoms with Crippen molar-refractivity contribution in [3.63, 3.8) is 0 Å². The summed E-state index contributed by atoms with van der Waals surface area (Å²) in [5.74, 6) is -2.09. The van der Waals surface area contributed by atoms with Crippen LogP contribution in [0.2, 0.25) is 0 Å². The van der Waals surface area contributed by atoms with Crippen molar-refractivity contribution in [3.8, 4) is 0 Å². The average Bonchev–Trinajstić information content (AvgIpc) is 3.40. The highest BCUT2D eigenvalue weighted by atomic mass is 19.1. The van der Waals surface area contributed by atoms with Crippen molar-refractivity contribution < 1.29 is 14.3 Å². The Bertz CT molecular complexity index is 930. The van der Waals surface area contributed by atoms with Gasteiger partial charge in [-0.2, -0.15) is 0 Å². The first-order valence-electron chi connectivity index (χ1n) is 8.32. The third-order valence-electron chi connectivity index (χ3n) is 5.01. The van der Waals surface area contributed by atoms with Gasteiger partial charge in [-0.3, -0.25) is 4.79 Å². The Morgan fingerprint density at radius 2 is 2.00 bits per heavy atom. The molecule has 2 aliphatic rings. The first-order chi connectivity index (χ1) is 11.9. The fraction of sp³-hybridized carbons (Fsp3) is 0.412. The van der Waals surface area contributed by atoms with Gasteiger partial charge in [0.1, 0.15) is 5.56 Å². The first kappa shape index (κ1) is 16.2. The van der Waals surface area contributed by atoms with Crippen molar-refractivity contribution in [1.82, 2.24) is 14.5 Å². The molecule has 2 N–H and O–H groups in total. The number of halogens is 1. The summed E-state index contributed by atoms with van der Waals surface area (Å²) in [4.78, 5) is 23.8. The topological polar surface area (TPSA) is 94.4 Å². The summed E-state index contributed by atoms with van der Waals surface area (Å²) in [6.45, 7) is 1.41. The lowest BCUT2D eigenvalue weighted by molar-refractivity contribution is 0.0695. The molecule has 0 amide bonds. The lowest BCUT2D eigenvalue weighted by atomic mass is 10.1. The molecule has 1 aromatic heterocycles. The third kappa shape index (κ3) is 2.62. The normalized spacial score (nSPS) is 19.9. The van der Waals surface area contributed by atoms with Gasteiger partial charge in [0.15, 0.2) is 11.5 Å². The van der Waals surface area contributed by atoms with Crippen LogP contribution in [-0.2, 0) is 0 Å². The monoisotopic (exact) mass is 347 g/mol. The van der Waals surface area contributed by atoms with E-state index in [1.165, 1.54) is 12.3 Å². The number of hydrogen-bond donors (Lipinski definition) is 2. The number of nitrogens with zero attached hydrogens (tertiary/aromatic N) is 2. The molecule has 2 aromatic rings. The summed E-state index contributed by atoms with van der Waals surface area (Å²) in [6, 6.07) is 2.55. The van der Waals surface area contributed by atoms with E-state index >= 15 is 0 Å². The van der Waals surface area contributed by atoms with Gasteiger partial charge >= 0.3 is 5.97 Å². The molecular formula is C17H18FN3O4. The maximum absolute atomic E-state index is 14.7. The number of hydrogen-bond acceptors (Lipinski definition) is 4. The van der Waals surface area contributed by atoms with Crippen LogP contribution in [0.25, 0.3) is 10.9 Å². The number of carboxylic acids is 1. The minimum atomic E-state index is -1.33. The Labute approximate surface area is 142 Å². The minimum Gasteiger partial charge on any atom is -0.627 e. The maximum atomic E-state index is 14.7. The summed E-state index contributed by atoms with van der Waals surface area (Å²) in [5, 5.41) is 25.4. The van der Waals surface area contributed by atoms with E-state index in [2.05, 4.69) is 5.32 Å². The largest absolute Gasteiger partial charge is 0.627 e. The molecule has 4 rings (SSSR count). The van der Waals surface area contributed by atoms with E-state index in [0.717, 1.165) is 18.9 Å². The molecule has 1 saturated carbocycles. The summed E-state index contributed by atoms with van der Waals surface area (Å²) in [6.07, 6.45) is 3.05. The van der Waals surface area contributed by atoms with Crippen LogP contribution in [-0.4, -0.2) is 41.8 Å². The highest BCUT2D eigenvalue weighted by Gasteiger charge is 2.31. The van der Waals surface area contributed by atoms with Crippen molar-refractivity contribution >= 4 is 22.6 Å². The predicted octanol–water partition coefficient (Wildman–Crippen LogP) is 1.58. The van der Waals surface area contributed by atoms with Gasteiger partial charge in [-0.15, -0.1) is 0 Å². The van der Waals surface area contributed by atoms with Gasteiger partial charge in [0.05, 0.1) is 18.6 Å². The molecule has 25 heavy (non-hydrogen) atoms. The molecule has 1 saturated heterocycles. The average molecular weight is 347 g/mol. The molecular weight excluding hydrogens is 329 g/mol. The van der Waals surface area contributed by atoms with Crippen molar-refractivity contribution in [2.75, 3.05) is 26.2 Å². The van der Waals surface area contributed by atoms with Gasteiger partial charge in [-0.05, 0) is 18.9 Å². The van der Waals surface area contributed by atoms with E-state index in [1.807, 2.05) is 0 Å². The number of aromatic carboxylic acids is 1. The van der Waals surface area contributed by atoms with E-state index in [4.69, 9.17) is 0 Å². The second kappa shape index (κ2) is 5.62. The highest BCUT2D eigenvalue weighted by molar-refractivity contribution is 5.93. The Balaban J connectivity index is 1.99. The molecule has 0 bridgehead atoms. The fourth-order valence-electron chi connectivity index (χ4n) is 3.48. The van der Waals surface area contributed by atoms with Crippen molar-refractivity contribution in [2.45, 2.75) is 18.9 Å². The SMILES string of the molecule is O=C(O)c1cn(C2CC2)c2cc([N+]3([O-])CCNCC3)c(F)cc2c1=O. The summed E-state index contributed by atoms with van der Waals surface area (Å²) < 4.78 is 15.6. The van der Waals surface area contributed by atoms with Crippen molar-refractivity contribution in [1.29, 1.82) is 0 Å². The number of fused-ring (bicyclic) bond motifs is 1. The zero-order valence-corrected chi connectivity index (χ0v) is 13.5. The molecule has 8 heteroatoms. The zero-order chi connectivity index (χ0) is 17.8. The van der Waals surface area contributed by atoms with E-state index < -0.39 is 21.9 Å². The molecule has 0 atom stereocenters. The number of rotatable bonds is 3. The number of hydroxylamine groups is 2. The van der Waals surface area contributed by atoms with Crippen molar-refractivity contribution in [2.24, 2.45) is 0 Å². The molecule has 2 fully saturated rings. The van der Waals surface area contributed by atoms with Crippen LogP contribution in [0.15, 0.2) is 23.1 Å². The Morgan fingerprint density at radius 3 is 2.60 bits per heavy atom. The predicted molar refractivity (Wildman–Crippen MR) is 91.2 cm³/mol. The van der Waals surface area contributed by atoms with Crippen LogP contribution in [0.5, 0.6) is 0 Å². The molecule has 0 spiro atoms. The summed E-state index contributed by atoms with van der Waals surface area (Å²) in [5.41, 5.74) is -0.658. The van der Waals surface area contributed by atoms with Crippen LogP contribution in [0, 0.1) is 11.0 Å². The Morgan fingerprint density at radius 1 is 1.32 bits per heavy atom. The molecule has 1 aliphatic heterocycles. The highest BCUT2D eigenvalue weighted by Crippen LogP contribution is 2.38. The van der Waals surface area contributed by atoms with Crippen LogP contribution in [0.4, 0.5) is 10.1 Å². The Kier molecular flexibility index (Phi) is 3.64. The number of carbonyl (C=O) groups is 1. The van der Waals surface area contributed by atoms with Gasteiger partial charge < -0.3 is 24.8 Å². The van der Waals surface area contributed by atoms with E-state index in [0.29, 0.717) is 18.6 Å². The van der Waals surface area contributed by atoms with Gasteiger partial charge in [-0.1, -0.05) is 0 Å². The Hall–Kier alpha value is -2.29. The third-order valence-corrected chi connectivity index (χ3v) is 5.01. The number of aromatic nitrogens is 1. The summed E-state index contributed by atoms with van der Waals surface area (Å²) in [7, 11) is 0. The zero-order valence-electron chi connectivity index (χ0n) is 13.5. The molecule has 132 valence electrons. The van der Waals surface area contributed by atoms with Gasteiger partial charge in [0.25, 0.3) is 0 Å². The van der Waals surface area contributed by atoms with Gasteiger partial charge in [0.2, 0.25) is 5.43 Å². The number of carboxylic acid groups (broad SMARTS) is 1. The van der Waals surface area contributed by atoms with Gasteiger partial charge in [-0.25, -0.2) is 9.18 Å². The van der Waals surface area contributed by atoms with Crippen LogP contribution in [0.1, 0.15) is 29.2 Å². The second-order valence-corrected chi connectivity index (χ2v) is 6.72. The smallest absolute Gasteiger partial charge is 0.341 e. The summed E-state index contributed by atoms with van der Waals surface area (Å²) >= 11 is 0. The van der Waals surface area contributed by atoms with E-state index in [9.17, 15) is 24.3 Å². The molecule has 1 aromatic carbocycles. The minimum absolute atomic E-state index is 0.00544. The lowest BCUT2D eigenvalue weighted by Crippen LogP contribution is -2.56. The van der Waals surface area contributed by atoms with Gasteiger partial charge in [0, 0.05) is 36.8 Å². The molecule has 1 aliphatic carbocycles. The van der Waals surface area contributed by atoms with Crippen LogP contribution in [0.3, 0.4) is 0 Å². The molecule has 2 heterocycles. The second-order valence-electron chi connectivity index (χ2n) is 6.72. The van der Waals surface area contributed by atoms with Crippen LogP contribution < -0.4 is 15.4 Å². The number of quaternary nitrogens is 1. The van der Waals surface area contributed by atoms with Crippen molar-refractivity contribution in [3.05, 3.63) is 45.1 Å². The van der Waals surface area contributed by atoms with E-state index in [1.54, 1.807) is 4.57 Å². The standard InChI is InChI=1S/C17H18FN3O4/c18-13-7-11-14(8-15(13)21(25)5-3-19-4-6-21)20(10-1-2-10)9-12(16(11)22)17(23)24/h7-10,19H,1-6H2,(H,23,24). The molecule has 7 nitrogen and oxygen atoms in total. The fourth-order valence-corrected chi connectivity index (χ4v) is 3.48. The van der Waals surface area contributed by atoms with E-state index in [-0.39, 0.29) is 35.8 Å². The first-order valence-corrected chi connectivity index (χ1v) is 8.32.